The Labute approximate surface area is 156 Å². The molecule has 0 fully saturated rings. The van der Waals surface area contributed by atoms with E-state index < -0.39 is 0 Å². The largest absolute Gasteiger partial charge is 0.384 e. The summed E-state index contributed by atoms with van der Waals surface area (Å²) in [6.45, 7) is 0.572. The fraction of sp³-hybridized carbons (Fsp3) is 0.136. The Morgan fingerprint density at radius 1 is 0.926 bits per heavy atom. The van der Waals surface area contributed by atoms with Gasteiger partial charge in [-0.15, -0.1) is 0 Å². The highest BCUT2D eigenvalue weighted by atomic mass is 19.1. The van der Waals surface area contributed by atoms with Crippen LogP contribution >= 0.6 is 0 Å². The minimum Gasteiger partial charge on any atom is -0.384 e. The lowest BCUT2D eigenvalue weighted by atomic mass is 9.98. The van der Waals surface area contributed by atoms with Gasteiger partial charge in [0.15, 0.2) is 0 Å². The molecule has 0 atom stereocenters. The summed E-state index contributed by atoms with van der Waals surface area (Å²) in [6, 6.07) is 16.7. The van der Waals surface area contributed by atoms with Crippen LogP contribution < -0.4 is 0 Å². The van der Waals surface area contributed by atoms with Crippen molar-refractivity contribution < 1.29 is 9.13 Å². The van der Waals surface area contributed by atoms with Crippen molar-refractivity contribution in [2.24, 2.45) is 0 Å². The van der Waals surface area contributed by atoms with Crippen molar-refractivity contribution in [1.29, 1.82) is 0 Å². The molecule has 0 radical (unpaired) electrons. The first-order valence-electron chi connectivity index (χ1n) is 8.70. The molecular weight excluding hydrogens is 341 g/mol. The molecule has 27 heavy (non-hydrogen) atoms. The van der Waals surface area contributed by atoms with E-state index in [1.165, 1.54) is 12.1 Å². The summed E-state index contributed by atoms with van der Waals surface area (Å²) < 4.78 is 18.8. The Morgan fingerprint density at radius 2 is 1.70 bits per heavy atom. The van der Waals surface area contributed by atoms with Crippen LogP contribution in [0.25, 0.3) is 33.3 Å². The van der Waals surface area contributed by atoms with E-state index in [4.69, 9.17) is 9.72 Å². The van der Waals surface area contributed by atoms with Crippen LogP contribution in [0.15, 0.2) is 67.0 Å². The Hall–Kier alpha value is -3.18. The number of ether oxygens (including phenoxy) is 1. The molecule has 0 aliphatic carbocycles. The van der Waals surface area contributed by atoms with Crippen LogP contribution in [0, 0.1) is 5.82 Å². The highest BCUT2D eigenvalue weighted by Gasteiger charge is 2.13. The van der Waals surface area contributed by atoms with E-state index in [0.717, 1.165) is 27.8 Å². The monoisotopic (exact) mass is 359 g/mol. The van der Waals surface area contributed by atoms with Gasteiger partial charge in [-0.1, -0.05) is 30.3 Å². The molecule has 0 spiro atoms. The molecule has 4 rings (SSSR count). The summed E-state index contributed by atoms with van der Waals surface area (Å²) in [5.74, 6) is 0.410. The number of aromatic nitrogens is 3. The molecule has 2 aromatic carbocycles. The fourth-order valence-electron chi connectivity index (χ4n) is 3.00. The number of hydrogen-bond acceptors (Lipinski definition) is 4. The molecule has 4 aromatic rings. The first-order chi connectivity index (χ1) is 13.2. The summed E-state index contributed by atoms with van der Waals surface area (Å²) in [7, 11) is 1.65. The van der Waals surface area contributed by atoms with Gasteiger partial charge in [0.05, 0.1) is 17.8 Å². The molecule has 0 saturated heterocycles. The van der Waals surface area contributed by atoms with Crippen molar-refractivity contribution in [3.8, 4) is 22.4 Å². The van der Waals surface area contributed by atoms with Crippen LogP contribution in [0.1, 0.15) is 5.82 Å². The summed E-state index contributed by atoms with van der Waals surface area (Å²) in [5.41, 5.74) is 4.13. The summed E-state index contributed by atoms with van der Waals surface area (Å²) in [4.78, 5) is 13.6. The molecule has 5 heteroatoms. The number of fused-ring (bicyclic) bond motifs is 1. The van der Waals surface area contributed by atoms with E-state index in [2.05, 4.69) is 9.97 Å². The summed E-state index contributed by atoms with van der Waals surface area (Å²) in [6.07, 6.45) is 4.18. The molecule has 0 N–H and O–H groups in total. The number of hydrogen-bond donors (Lipinski definition) is 0. The van der Waals surface area contributed by atoms with Crippen LogP contribution in [0.5, 0.6) is 0 Å². The van der Waals surface area contributed by atoms with Crippen LogP contribution in [0.4, 0.5) is 4.39 Å². The summed E-state index contributed by atoms with van der Waals surface area (Å²) in [5, 5.41) is 0.886. The smallest absolute Gasteiger partial charge is 0.130 e. The van der Waals surface area contributed by atoms with Crippen LogP contribution in [-0.2, 0) is 11.2 Å². The molecule has 0 saturated carbocycles. The van der Waals surface area contributed by atoms with Gasteiger partial charge in [-0.05, 0) is 23.8 Å². The number of pyridine rings is 1. The first-order valence-corrected chi connectivity index (χ1v) is 8.70. The van der Waals surface area contributed by atoms with Gasteiger partial charge >= 0.3 is 0 Å². The normalized spacial score (nSPS) is 11.0. The van der Waals surface area contributed by atoms with Crippen LogP contribution in [-0.4, -0.2) is 28.7 Å². The molecule has 0 bridgehead atoms. The van der Waals surface area contributed by atoms with E-state index >= 15 is 0 Å². The molecule has 2 heterocycles. The molecule has 0 aliphatic heterocycles. The minimum absolute atomic E-state index is 0.306. The SMILES string of the molecule is COCCc1ncc(-c2nc3cc(F)ccc3cc2-c2ccccc2)cn1. The molecule has 0 aliphatic rings. The van der Waals surface area contributed by atoms with E-state index in [9.17, 15) is 4.39 Å². The number of methoxy groups -OCH3 is 1. The van der Waals surface area contributed by atoms with Gasteiger partial charge in [0.1, 0.15) is 11.6 Å². The third-order valence-corrected chi connectivity index (χ3v) is 4.37. The quantitative estimate of drug-likeness (QED) is 0.519. The maximum absolute atomic E-state index is 13.7. The second-order valence-electron chi connectivity index (χ2n) is 6.22. The number of benzene rings is 2. The summed E-state index contributed by atoms with van der Waals surface area (Å²) >= 11 is 0. The van der Waals surface area contributed by atoms with Crippen molar-refractivity contribution >= 4 is 10.9 Å². The number of nitrogens with zero attached hydrogens (tertiary/aromatic N) is 3. The van der Waals surface area contributed by atoms with Gasteiger partial charge in [-0.25, -0.2) is 19.3 Å². The first kappa shape index (κ1) is 17.2. The van der Waals surface area contributed by atoms with Crippen molar-refractivity contribution in [2.75, 3.05) is 13.7 Å². The van der Waals surface area contributed by atoms with Gasteiger partial charge in [0.25, 0.3) is 0 Å². The lowest BCUT2D eigenvalue weighted by Crippen LogP contribution is -2.01. The van der Waals surface area contributed by atoms with E-state index in [1.807, 2.05) is 36.4 Å². The van der Waals surface area contributed by atoms with Crippen LogP contribution in [0.3, 0.4) is 0 Å². The zero-order valence-corrected chi connectivity index (χ0v) is 14.9. The lowest BCUT2D eigenvalue weighted by molar-refractivity contribution is 0.200. The topological polar surface area (TPSA) is 47.9 Å². The Bertz CT molecular complexity index is 1070. The van der Waals surface area contributed by atoms with Crippen molar-refractivity contribution in [3.63, 3.8) is 0 Å². The Balaban J connectivity index is 1.86. The third-order valence-electron chi connectivity index (χ3n) is 4.37. The zero-order valence-electron chi connectivity index (χ0n) is 14.9. The van der Waals surface area contributed by atoms with Crippen molar-refractivity contribution in [3.05, 3.63) is 78.6 Å². The number of halogens is 1. The highest BCUT2D eigenvalue weighted by molar-refractivity contribution is 5.91. The van der Waals surface area contributed by atoms with E-state index in [0.29, 0.717) is 24.4 Å². The maximum atomic E-state index is 13.7. The van der Waals surface area contributed by atoms with Gasteiger partial charge in [0, 0.05) is 48.5 Å². The molecule has 0 unspecified atom stereocenters. The molecule has 2 aromatic heterocycles. The van der Waals surface area contributed by atoms with Gasteiger partial charge in [-0.3, -0.25) is 0 Å². The van der Waals surface area contributed by atoms with E-state index in [1.54, 1.807) is 25.6 Å². The van der Waals surface area contributed by atoms with E-state index in [-0.39, 0.29) is 5.82 Å². The zero-order chi connectivity index (χ0) is 18.6. The standard InChI is InChI=1S/C22H18FN3O/c1-27-10-9-21-24-13-17(14-25-21)22-19(15-5-3-2-4-6-15)11-16-7-8-18(23)12-20(16)26-22/h2-8,11-14H,9-10H2,1H3. The fourth-order valence-corrected chi connectivity index (χ4v) is 3.00. The molecule has 0 amide bonds. The number of rotatable bonds is 5. The Morgan fingerprint density at radius 3 is 2.44 bits per heavy atom. The second kappa shape index (κ2) is 7.60. The predicted molar refractivity (Wildman–Crippen MR) is 104 cm³/mol. The average molecular weight is 359 g/mol. The lowest BCUT2D eigenvalue weighted by Gasteiger charge is -2.11. The van der Waals surface area contributed by atoms with Crippen molar-refractivity contribution in [1.82, 2.24) is 15.0 Å². The highest BCUT2D eigenvalue weighted by Crippen LogP contribution is 2.33. The predicted octanol–water partition coefficient (Wildman–Crippen LogP) is 4.69. The molecular formula is C22H18FN3O. The molecule has 134 valence electrons. The van der Waals surface area contributed by atoms with Gasteiger partial charge < -0.3 is 4.74 Å². The van der Waals surface area contributed by atoms with Gasteiger partial charge in [-0.2, -0.15) is 0 Å². The average Bonchev–Trinajstić information content (AvgIpc) is 2.72. The third kappa shape index (κ3) is 3.68. The van der Waals surface area contributed by atoms with Crippen molar-refractivity contribution in [2.45, 2.75) is 6.42 Å². The Kier molecular flexibility index (Phi) is 4.85. The minimum atomic E-state index is -0.306. The second-order valence-corrected chi connectivity index (χ2v) is 6.22. The van der Waals surface area contributed by atoms with Gasteiger partial charge in [0.2, 0.25) is 0 Å². The van der Waals surface area contributed by atoms with Crippen LogP contribution in [0.2, 0.25) is 0 Å². The maximum Gasteiger partial charge on any atom is 0.130 e. The molecule has 4 nitrogen and oxygen atoms in total.